The predicted molar refractivity (Wildman–Crippen MR) is 128 cm³/mol. The molecule has 0 saturated carbocycles. The van der Waals surface area contributed by atoms with Gasteiger partial charge in [0.05, 0.1) is 35.0 Å². The van der Waals surface area contributed by atoms with Gasteiger partial charge < -0.3 is 14.8 Å². The van der Waals surface area contributed by atoms with Crippen molar-refractivity contribution in [2.75, 3.05) is 18.5 Å². The third kappa shape index (κ3) is 6.26. The minimum atomic E-state index is -0.476. The normalized spacial score (nSPS) is 10.9. The van der Waals surface area contributed by atoms with Crippen LogP contribution in [0.15, 0.2) is 77.8 Å². The number of non-ortho nitro benzene ring substituents is 1. The van der Waals surface area contributed by atoms with Crippen LogP contribution >= 0.6 is 0 Å². The molecule has 0 saturated heterocycles. The highest BCUT2D eigenvalue weighted by atomic mass is 16.6. The van der Waals surface area contributed by atoms with Crippen molar-refractivity contribution in [3.05, 3.63) is 99.6 Å². The fraction of sp³-hybridized carbons (Fsp3) is 0.160. The van der Waals surface area contributed by atoms with Gasteiger partial charge in [0.15, 0.2) is 0 Å². The van der Waals surface area contributed by atoms with Gasteiger partial charge in [-0.15, -0.1) is 0 Å². The molecule has 0 radical (unpaired) electrons. The molecule has 34 heavy (non-hydrogen) atoms. The number of hydrogen-bond donors (Lipinski definition) is 1. The van der Waals surface area contributed by atoms with E-state index in [4.69, 9.17) is 9.47 Å². The topological polar surface area (TPSA) is 120 Å². The van der Waals surface area contributed by atoms with Crippen LogP contribution in [0.1, 0.15) is 40.1 Å². The van der Waals surface area contributed by atoms with E-state index in [1.807, 2.05) is 0 Å². The van der Waals surface area contributed by atoms with E-state index >= 15 is 0 Å². The van der Waals surface area contributed by atoms with Gasteiger partial charge in [-0.2, -0.15) is 0 Å². The molecule has 3 aromatic rings. The zero-order valence-corrected chi connectivity index (χ0v) is 18.7. The van der Waals surface area contributed by atoms with Crippen LogP contribution in [0, 0.1) is 10.1 Å². The van der Waals surface area contributed by atoms with E-state index in [1.165, 1.54) is 12.1 Å². The van der Waals surface area contributed by atoms with E-state index in [0.29, 0.717) is 33.9 Å². The summed E-state index contributed by atoms with van der Waals surface area (Å²) in [6.45, 7) is 4.03. The predicted octanol–water partition coefficient (Wildman–Crippen LogP) is 5.14. The van der Waals surface area contributed by atoms with Gasteiger partial charge in [-0.05, 0) is 74.5 Å². The van der Waals surface area contributed by atoms with Crippen LogP contribution < -0.4 is 5.32 Å². The van der Waals surface area contributed by atoms with Gasteiger partial charge in [0.25, 0.3) is 5.69 Å². The molecule has 0 aromatic heterocycles. The average Bonchev–Trinajstić information content (AvgIpc) is 2.85. The van der Waals surface area contributed by atoms with Crippen LogP contribution in [0.4, 0.5) is 17.1 Å². The Balaban J connectivity index is 1.91. The van der Waals surface area contributed by atoms with Crippen LogP contribution in [-0.4, -0.2) is 35.9 Å². The van der Waals surface area contributed by atoms with Gasteiger partial charge in [0, 0.05) is 23.4 Å². The number of nitrogens with one attached hydrogen (secondary N) is 1. The highest BCUT2D eigenvalue weighted by Gasteiger charge is 2.11. The first kappa shape index (κ1) is 24.1. The standard InChI is InChI=1S/C25H23N3O6/c1-3-33-24(29)18-5-11-20(12-6-18)26-23(17-9-15-22(16-10-17)28(31)32)27-21-13-7-19(8-14-21)25(30)34-4-2/h5-16H,3-4H2,1-2H3,(H,26,27). The number of nitro groups is 1. The number of anilines is 1. The summed E-state index contributed by atoms with van der Waals surface area (Å²) in [4.78, 5) is 38.9. The summed E-state index contributed by atoms with van der Waals surface area (Å²) in [7, 11) is 0. The molecule has 0 unspecified atom stereocenters. The van der Waals surface area contributed by atoms with Crippen molar-refractivity contribution in [2.45, 2.75) is 13.8 Å². The maximum absolute atomic E-state index is 11.9. The van der Waals surface area contributed by atoms with Gasteiger partial charge in [-0.3, -0.25) is 10.1 Å². The third-order valence-electron chi connectivity index (χ3n) is 4.63. The molecule has 3 aromatic carbocycles. The Morgan fingerprint density at radius 2 is 1.26 bits per heavy atom. The molecular weight excluding hydrogens is 438 g/mol. The molecule has 3 rings (SSSR count). The molecule has 0 aliphatic heterocycles. The number of nitrogens with zero attached hydrogens (tertiary/aromatic N) is 2. The fourth-order valence-electron chi connectivity index (χ4n) is 2.96. The summed E-state index contributed by atoms with van der Waals surface area (Å²) >= 11 is 0. The summed E-state index contributed by atoms with van der Waals surface area (Å²) in [5, 5.41) is 14.2. The summed E-state index contributed by atoms with van der Waals surface area (Å²) in [5.74, 6) is -0.420. The molecule has 0 bridgehead atoms. The highest BCUT2D eigenvalue weighted by molar-refractivity contribution is 6.09. The second kappa shape index (κ2) is 11.4. The zero-order chi connectivity index (χ0) is 24.5. The lowest BCUT2D eigenvalue weighted by Gasteiger charge is -2.11. The maximum Gasteiger partial charge on any atom is 0.338 e. The van der Waals surface area contributed by atoms with Crippen LogP contribution in [-0.2, 0) is 9.47 Å². The van der Waals surface area contributed by atoms with Crippen molar-refractivity contribution >= 4 is 34.8 Å². The SMILES string of the molecule is CCOC(=O)c1ccc(N=C(Nc2ccc(C(=O)OCC)cc2)c2ccc([N+](=O)[O-])cc2)cc1. The molecule has 174 valence electrons. The highest BCUT2D eigenvalue weighted by Crippen LogP contribution is 2.20. The first-order valence-corrected chi connectivity index (χ1v) is 10.6. The molecular formula is C25H23N3O6. The van der Waals surface area contributed by atoms with Gasteiger partial charge in [0.2, 0.25) is 0 Å². The smallest absolute Gasteiger partial charge is 0.338 e. The number of nitro benzene ring substituents is 1. The maximum atomic E-state index is 11.9. The summed E-state index contributed by atoms with van der Waals surface area (Å²) in [5.41, 5.74) is 2.58. The van der Waals surface area contributed by atoms with E-state index in [0.717, 1.165) is 0 Å². The molecule has 0 amide bonds. The summed E-state index contributed by atoms with van der Waals surface area (Å²) in [6.07, 6.45) is 0. The average molecular weight is 461 g/mol. The molecule has 0 aliphatic carbocycles. The molecule has 0 heterocycles. The van der Waals surface area contributed by atoms with Crippen molar-refractivity contribution in [1.82, 2.24) is 0 Å². The Hall–Kier alpha value is -4.53. The van der Waals surface area contributed by atoms with Gasteiger partial charge in [-0.25, -0.2) is 14.6 Å². The Labute approximate surface area is 196 Å². The summed E-state index contributed by atoms with van der Waals surface area (Å²) in [6, 6.07) is 19.2. The molecule has 9 heteroatoms. The molecule has 0 atom stereocenters. The first-order valence-electron chi connectivity index (χ1n) is 10.6. The minimum Gasteiger partial charge on any atom is -0.462 e. The number of ether oxygens (including phenoxy) is 2. The molecule has 9 nitrogen and oxygen atoms in total. The Bertz CT molecular complexity index is 1190. The number of rotatable bonds is 8. The number of amidine groups is 1. The van der Waals surface area contributed by atoms with Crippen molar-refractivity contribution in [1.29, 1.82) is 0 Å². The van der Waals surface area contributed by atoms with Crippen LogP contribution in [0.5, 0.6) is 0 Å². The second-order valence-corrected chi connectivity index (χ2v) is 6.95. The molecule has 0 spiro atoms. The van der Waals surface area contributed by atoms with Crippen LogP contribution in [0.3, 0.4) is 0 Å². The fourth-order valence-corrected chi connectivity index (χ4v) is 2.96. The number of carbonyl (C=O) groups is 2. The zero-order valence-electron chi connectivity index (χ0n) is 18.7. The van der Waals surface area contributed by atoms with Gasteiger partial charge in [-0.1, -0.05) is 0 Å². The van der Waals surface area contributed by atoms with Crippen molar-refractivity contribution in [3.8, 4) is 0 Å². The number of esters is 2. The van der Waals surface area contributed by atoms with Crippen LogP contribution in [0.25, 0.3) is 0 Å². The third-order valence-corrected chi connectivity index (χ3v) is 4.63. The largest absolute Gasteiger partial charge is 0.462 e. The van der Waals surface area contributed by atoms with E-state index in [9.17, 15) is 19.7 Å². The lowest BCUT2D eigenvalue weighted by atomic mass is 10.1. The van der Waals surface area contributed by atoms with Gasteiger partial charge in [0.1, 0.15) is 5.84 Å². The minimum absolute atomic E-state index is 0.0410. The van der Waals surface area contributed by atoms with Crippen LogP contribution in [0.2, 0.25) is 0 Å². The molecule has 1 N–H and O–H groups in total. The quantitative estimate of drug-likeness (QED) is 0.162. The number of hydrogen-bond acceptors (Lipinski definition) is 7. The number of benzene rings is 3. The Morgan fingerprint density at radius 3 is 1.74 bits per heavy atom. The monoisotopic (exact) mass is 461 g/mol. The Morgan fingerprint density at radius 1 is 0.794 bits per heavy atom. The van der Waals surface area contributed by atoms with E-state index in [1.54, 1.807) is 74.5 Å². The molecule has 0 aliphatic rings. The van der Waals surface area contributed by atoms with Crippen molar-refractivity contribution < 1.29 is 24.0 Å². The van der Waals surface area contributed by atoms with Crippen molar-refractivity contribution in [3.63, 3.8) is 0 Å². The van der Waals surface area contributed by atoms with E-state index in [-0.39, 0.29) is 18.9 Å². The van der Waals surface area contributed by atoms with E-state index < -0.39 is 16.9 Å². The van der Waals surface area contributed by atoms with Crippen molar-refractivity contribution in [2.24, 2.45) is 4.99 Å². The number of carbonyl (C=O) groups excluding carboxylic acids is 2. The first-order chi connectivity index (χ1) is 16.4. The lowest BCUT2D eigenvalue weighted by Crippen LogP contribution is -2.14. The van der Waals surface area contributed by atoms with Gasteiger partial charge >= 0.3 is 11.9 Å². The van der Waals surface area contributed by atoms with E-state index in [2.05, 4.69) is 10.3 Å². The lowest BCUT2D eigenvalue weighted by molar-refractivity contribution is -0.384. The Kier molecular flexibility index (Phi) is 8.07. The molecule has 0 fully saturated rings. The summed E-state index contributed by atoms with van der Waals surface area (Å²) < 4.78 is 9.99. The second-order valence-electron chi connectivity index (χ2n) is 6.95. The number of aliphatic imine (C=N–C) groups is 1.